The molecule has 2 aromatic carbocycles. The van der Waals surface area contributed by atoms with Crippen LogP contribution in [-0.4, -0.2) is 33.4 Å². The number of aromatic nitrogens is 3. The topological polar surface area (TPSA) is 146 Å². The van der Waals surface area contributed by atoms with Crippen LogP contribution in [0.3, 0.4) is 0 Å². The molecular weight excluding hydrogens is 366 g/mol. The van der Waals surface area contributed by atoms with Crippen molar-refractivity contribution >= 4 is 11.6 Å². The first kappa shape index (κ1) is 18.8. The number of nitrogens with zero attached hydrogens (tertiary/aromatic N) is 3. The SMILES string of the molecule is COc1cc(-c2n[nH]nc2C(N)=O)ccc1OCc1ccc(C)cc1[N+](=O)[O-]. The maximum absolute atomic E-state index is 11.4. The number of H-pyrrole nitrogens is 1. The van der Waals surface area contributed by atoms with Gasteiger partial charge in [-0.1, -0.05) is 6.07 Å². The van der Waals surface area contributed by atoms with E-state index in [-0.39, 0.29) is 23.7 Å². The van der Waals surface area contributed by atoms with Crippen molar-refractivity contribution in [1.82, 2.24) is 15.4 Å². The number of benzene rings is 2. The van der Waals surface area contributed by atoms with Gasteiger partial charge in [0.15, 0.2) is 17.2 Å². The molecule has 0 aliphatic carbocycles. The fourth-order valence-corrected chi connectivity index (χ4v) is 2.66. The number of carbonyl (C=O) groups excluding carboxylic acids is 1. The van der Waals surface area contributed by atoms with Crippen LogP contribution in [-0.2, 0) is 6.61 Å². The number of hydrogen-bond donors (Lipinski definition) is 2. The number of primary amides is 1. The molecule has 0 saturated carbocycles. The van der Waals surface area contributed by atoms with Gasteiger partial charge >= 0.3 is 0 Å². The second-order valence-corrected chi connectivity index (χ2v) is 5.93. The molecule has 10 heteroatoms. The Morgan fingerprint density at radius 3 is 2.68 bits per heavy atom. The predicted octanol–water partition coefficient (Wildman–Crippen LogP) is 2.37. The molecule has 1 amide bonds. The van der Waals surface area contributed by atoms with Gasteiger partial charge in [0, 0.05) is 11.6 Å². The van der Waals surface area contributed by atoms with Crippen LogP contribution in [0.4, 0.5) is 5.69 Å². The second kappa shape index (κ2) is 7.74. The number of ether oxygens (including phenoxy) is 2. The van der Waals surface area contributed by atoms with Gasteiger partial charge in [-0.05, 0) is 36.8 Å². The van der Waals surface area contributed by atoms with Gasteiger partial charge in [0.1, 0.15) is 12.3 Å². The Morgan fingerprint density at radius 2 is 2.00 bits per heavy atom. The number of nitro groups is 1. The van der Waals surface area contributed by atoms with Gasteiger partial charge in [0.25, 0.3) is 11.6 Å². The summed E-state index contributed by atoms with van der Waals surface area (Å²) in [5.74, 6) is 0.0330. The minimum Gasteiger partial charge on any atom is -0.493 e. The van der Waals surface area contributed by atoms with E-state index in [0.29, 0.717) is 22.6 Å². The number of nitro benzene ring substituents is 1. The van der Waals surface area contributed by atoms with Gasteiger partial charge in [-0.3, -0.25) is 14.9 Å². The summed E-state index contributed by atoms with van der Waals surface area (Å²) in [5, 5.41) is 21.3. The second-order valence-electron chi connectivity index (χ2n) is 5.93. The van der Waals surface area contributed by atoms with E-state index in [0.717, 1.165) is 5.56 Å². The van der Waals surface area contributed by atoms with Crippen LogP contribution < -0.4 is 15.2 Å². The summed E-state index contributed by atoms with van der Waals surface area (Å²) in [6.07, 6.45) is 0. The highest BCUT2D eigenvalue weighted by Crippen LogP contribution is 2.33. The molecule has 10 nitrogen and oxygen atoms in total. The van der Waals surface area contributed by atoms with Gasteiger partial charge in [-0.15, -0.1) is 0 Å². The molecular formula is C18H17N5O5. The normalized spacial score (nSPS) is 10.5. The lowest BCUT2D eigenvalue weighted by Gasteiger charge is -2.12. The number of hydrogen-bond acceptors (Lipinski definition) is 7. The molecule has 1 aromatic heterocycles. The zero-order valence-electron chi connectivity index (χ0n) is 15.1. The maximum Gasteiger partial charge on any atom is 0.276 e. The molecule has 0 atom stereocenters. The van der Waals surface area contributed by atoms with Crippen molar-refractivity contribution in [2.75, 3.05) is 7.11 Å². The molecule has 0 fully saturated rings. The summed E-state index contributed by atoms with van der Waals surface area (Å²) in [5.41, 5.74) is 7.34. The molecule has 28 heavy (non-hydrogen) atoms. The lowest BCUT2D eigenvalue weighted by atomic mass is 10.1. The van der Waals surface area contributed by atoms with Gasteiger partial charge in [-0.25, -0.2) is 0 Å². The summed E-state index contributed by atoms with van der Waals surface area (Å²) in [6.45, 7) is 1.77. The Morgan fingerprint density at radius 1 is 1.21 bits per heavy atom. The molecule has 0 unspecified atom stereocenters. The first-order valence-electron chi connectivity index (χ1n) is 8.16. The fourth-order valence-electron chi connectivity index (χ4n) is 2.66. The highest BCUT2D eigenvalue weighted by atomic mass is 16.6. The lowest BCUT2D eigenvalue weighted by molar-refractivity contribution is -0.385. The average Bonchev–Trinajstić information content (AvgIpc) is 3.17. The third kappa shape index (κ3) is 3.75. The maximum atomic E-state index is 11.4. The number of aromatic amines is 1. The predicted molar refractivity (Wildman–Crippen MR) is 99.1 cm³/mol. The van der Waals surface area contributed by atoms with Crippen LogP contribution in [0.1, 0.15) is 21.6 Å². The molecule has 3 aromatic rings. The molecule has 144 valence electrons. The van der Waals surface area contributed by atoms with Crippen LogP contribution >= 0.6 is 0 Å². The minimum absolute atomic E-state index is 0.00556. The van der Waals surface area contributed by atoms with E-state index < -0.39 is 10.8 Å². The number of aryl methyl sites for hydroxylation is 1. The molecule has 3 rings (SSSR count). The van der Waals surface area contributed by atoms with Crippen LogP contribution in [0.15, 0.2) is 36.4 Å². The third-order valence-electron chi connectivity index (χ3n) is 4.04. The van der Waals surface area contributed by atoms with Gasteiger partial charge in [0.2, 0.25) is 0 Å². The molecule has 0 aliphatic heterocycles. The Kier molecular flexibility index (Phi) is 5.21. The summed E-state index contributed by atoms with van der Waals surface area (Å²) in [6, 6.07) is 9.82. The molecule has 0 spiro atoms. The Bertz CT molecular complexity index is 1050. The smallest absolute Gasteiger partial charge is 0.276 e. The van der Waals surface area contributed by atoms with Gasteiger partial charge < -0.3 is 15.2 Å². The van der Waals surface area contributed by atoms with Crippen LogP contribution in [0.5, 0.6) is 11.5 Å². The summed E-state index contributed by atoms with van der Waals surface area (Å²) in [7, 11) is 1.46. The number of nitrogens with two attached hydrogens (primary N) is 1. The quantitative estimate of drug-likeness (QED) is 0.470. The first-order valence-corrected chi connectivity index (χ1v) is 8.16. The standard InChI is InChI=1S/C18H17N5O5/c1-10-3-4-12(13(7-10)23(25)26)9-28-14-6-5-11(8-15(14)27-2)16-17(18(19)24)21-22-20-16/h3-8H,9H2,1-2H3,(H2,19,24)(H,20,21,22). The van der Waals surface area contributed by atoms with E-state index in [1.165, 1.54) is 13.2 Å². The van der Waals surface area contributed by atoms with Crippen molar-refractivity contribution in [3.63, 3.8) is 0 Å². The number of methoxy groups -OCH3 is 1. The highest BCUT2D eigenvalue weighted by Gasteiger charge is 2.18. The van der Waals surface area contributed by atoms with Crippen molar-refractivity contribution in [2.45, 2.75) is 13.5 Å². The van der Waals surface area contributed by atoms with E-state index in [1.54, 1.807) is 37.3 Å². The average molecular weight is 383 g/mol. The molecule has 0 bridgehead atoms. The third-order valence-corrected chi connectivity index (χ3v) is 4.04. The Hall–Kier alpha value is -3.95. The molecule has 0 radical (unpaired) electrons. The summed E-state index contributed by atoms with van der Waals surface area (Å²) < 4.78 is 11.1. The number of rotatable bonds is 7. The van der Waals surface area contributed by atoms with Crippen molar-refractivity contribution < 1.29 is 19.2 Å². The number of carbonyl (C=O) groups is 1. The zero-order valence-corrected chi connectivity index (χ0v) is 15.1. The van der Waals surface area contributed by atoms with E-state index in [9.17, 15) is 14.9 Å². The molecule has 0 aliphatic rings. The first-order chi connectivity index (χ1) is 13.4. The van der Waals surface area contributed by atoms with Crippen molar-refractivity contribution in [3.8, 4) is 22.8 Å². The monoisotopic (exact) mass is 383 g/mol. The largest absolute Gasteiger partial charge is 0.493 e. The zero-order chi connectivity index (χ0) is 20.3. The van der Waals surface area contributed by atoms with E-state index in [4.69, 9.17) is 15.2 Å². The van der Waals surface area contributed by atoms with E-state index >= 15 is 0 Å². The Balaban J connectivity index is 1.87. The minimum atomic E-state index is -0.713. The molecule has 3 N–H and O–H groups in total. The van der Waals surface area contributed by atoms with Crippen LogP contribution in [0, 0.1) is 17.0 Å². The van der Waals surface area contributed by atoms with Crippen molar-refractivity contribution in [1.29, 1.82) is 0 Å². The van der Waals surface area contributed by atoms with Gasteiger partial charge in [-0.2, -0.15) is 15.4 Å². The lowest BCUT2D eigenvalue weighted by Crippen LogP contribution is -2.12. The number of nitrogens with one attached hydrogen (secondary N) is 1. The number of amides is 1. The molecule has 0 saturated heterocycles. The molecule has 1 heterocycles. The van der Waals surface area contributed by atoms with E-state index in [2.05, 4.69) is 15.4 Å². The fraction of sp³-hybridized carbons (Fsp3) is 0.167. The summed E-state index contributed by atoms with van der Waals surface area (Å²) in [4.78, 5) is 22.2. The van der Waals surface area contributed by atoms with E-state index in [1.807, 2.05) is 0 Å². The highest BCUT2D eigenvalue weighted by molar-refractivity contribution is 5.96. The summed E-state index contributed by atoms with van der Waals surface area (Å²) >= 11 is 0. The van der Waals surface area contributed by atoms with Crippen LogP contribution in [0.2, 0.25) is 0 Å². The van der Waals surface area contributed by atoms with Crippen LogP contribution in [0.25, 0.3) is 11.3 Å². The van der Waals surface area contributed by atoms with Crippen molar-refractivity contribution in [3.05, 3.63) is 63.3 Å². The van der Waals surface area contributed by atoms with Gasteiger partial charge in [0.05, 0.1) is 17.6 Å². The Labute approximate surface area is 159 Å². The van der Waals surface area contributed by atoms with Crippen molar-refractivity contribution in [2.24, 2.45) is 5.73 Å².